The van der Waals surface area contributed by atoms with Crippen LogP contribution in [0.15, 0.2) is 24.3 Å². The van der Waals surface area contributed by atoms with Gasteiger partial charge in [0.25, 0.3) is 0 Å². The highest BCUT2D eigenvalue weighted by atomic mass is 16.5. The molecule has 2 rings (SSSR count). The van der Waals surface area contributed by atoms with Crippen LogP contribution in [0.5, 0.6) is 5.75 Å². The van der Waals surface area contributed by atoms with Gasteiger partial charge in [0.2, 0.25) is 0 Å². The molecule has 1 saturated carbocycles. The second-order valence-electron chi connectivity index (χ2n) is 5.73. The zero-order chi connectivity index (χ0) is 12.5. The Morgan fingerprint density at radius 2 is 2.06 bits per heavy atom. The normalized spacial score (nSPS) is 28.6. The lowest BCUT2D eigenvalue weighted by Gasteiger charge is -2.27. The van der Waals surface area contributed by atoms with Gasteiger partial charge in [0, 0.05) is 11.6 Å². The Balaban J connectivity index is 2.31. The molecule has 0 radical (unpaired) electrons. The van der Waals surface area contributed by atoms with Gasteiger partial charge in [-0.1, -0.05) is 25.1 Å². The molecule has 0 spiro atoms. The first-order valence-electron chi connectivity index (χ1n) is 6.53. The maximum atomic E-state index is 6.06. The van der Waals surface area contributed by atoms with Gasteiger partial charge >= 0.3 is 0 Å². The first-order valence-corrected chi connectivity index (χ1v) is 6.53. The van der Waals surface area contributed by atoms with Crippen LogP contribution in [0, 0.1) is 0 Å². The second kappa shape index (κ2) is 4.69. The van der Waals surface area contributed by atoms with Crippen LogP contribution in [0.25, 0.3) is 0 Å². The van der Waals surface area contributed by atoms with E-state index in [4.69, 9.17) is 10.5 Å². The highest BCUT2D eigenvalue weighted by Crippen LogP contribution is 2.43. The fraction of sp³-hybridized carbons (Fsp3) is 0.600. The van der Waals surface area contributed by atoms with Crippen molar-refractivity contribution in [1.29, 1.82) is 0 Å². The smallest absolute Gasteiger partial charge is 0.123 e. The molecule has 1 aromatic carbocycles. The number of benzene rings is 1. The Bertz CT molecular complexity index is 388. The molecule has 1 aromatic rings. The zero-order valence-corrected chi connectivity index (χ0v) is 11.1. The first kappa shape index (κ1) is 12.4. The summed E-state index contributed by atoms with van der Waals surface area (Å²) < 4.78 is 5.92. The van der Waals surface area contributed by atoms with Crippen LogP contribution in [0.1, 0.15) is 45.6 Å². The van der Waals surface area contributed by atoms with Crippen LogP contribution < -0.4 is 10.5 Å². The molecule has 2 atom stereocenters. The van der Waals surface area contributed by atoms with Crippen molar-refractivity contribution in [3.63, 3.8) is 0 Å². The van der Waals surface area contributed by atoms with Crippen LogP contribution in [-0.4, -0.2) is 12.1 Å². The van der Waals surface area contributed by atoms with Gasteiger partial charge in [-0.2, -0.15) is 0 Å². The molecule has 0 amide bonds. The van der Waals surface area contributed by atoms with Crippen LogP contribution in [0.2, 0.25) is 0 Å². The molecule has 2 N–H and O–H groups in total. The fourth-order valence-corrected chi connectivity index (χ4v) is 2.85. The highest BCUT2D eigenvalue weighted by Gasteiger charge is 2.36. The van der Waals surface area contributed by atoms with Crippen molar-refractivity contribution >= 4 is 0 Å². The Morgan fingerprint density at radius 1 is 1.35 bits per heavy atom. The van der Waals surface area contributed by atoms with Crippen molar-refractivity contribution in [3.8, 4) is 5.75 Å². The van der Waals surface area contributed by atoms with Gasteiger partial charge in [0.05, 0.1) is 6.10 Å². The summed E-state index contributed by atoms with van der Waals surface area (Å²) in [5, 5.41) is 0. The molecule has 94 valence electrons. The Hall–Kier alpha value is -1.02. The number of rotatable bonds is 3. The van der Waals surface area contributed by atoms with Gasteiger partial charge in [-0.05, 0) is 44.6 Å². The van der Waals surface area contributed by atoms with E-state index in [0.29, 0.717) is 6.04 Å². The van der Waals surface area contributed by atoms with E-state index in [1.54, 1.807) is 0 Å². The van der Waals surface area contributed by atoms with Crippen LogP contribution in [0.4, 0.5) is 0 Å². The summed E-state index contributed by atoms with van der Waals surface area (Å²) in [6.45, 7) is 6.45. The number of para-hydroxylation sites is 1. The number of hydrogen-bond donors (Lipinski definition) is 1. The van der Waals surface area contributed by atoms with Crippen molar-refractivity contribution in [3.05, 3.63) is 29.8 Å². The van der Waals surface area contributed by atoms with E-state index in [1.807, 2.05) is 6.07 Å². The molecular weight excluding hydrogens is 210 g/mol. The summed E-state index contributed by atoms with van der Waals surface area (Å²) in [6.07, 6.45) is 3.56. The molecule has 1 aliphatic carbocycles. The maximum Gasteiger partial charge on any atom is 0.123 e. The minimum Gasteiger partial charge on any atom is -0.491 e. The van der Waals surface area contributed by atoms with E-state index in [2.05, 4.69) is 39.0 Å². The number of nitrogens with two attached hydrogens (primary N) is 1. The average molecular weight is 233 g/mol. The summed E-state index contributed by atoms with van der Waals surface area (Å²) in [7, 11) is 0. The summed E-state index contributed by atoms with van der Waals surface area (Å²) in [6, 6.07) is 8.74. The van der Waals surface area contributed by atoms with Gasteiger partial charge in [-0.3, -0.25) is 0 Å². The predicted octanol–water partition coefficient (Wildman–Crippen LogP) is 3.24. The molecule has 0 aromatic heterocycles. The molecule has 1 aliphatic rings. The zero-order valence-electron chi connectivity index (χ0n) is 11.1. The Morgan fingerprint density at radius 3 is 2.65 bits per heavy atom. The molecule has 1 fully saturated rings. The molecule has 2 unspecified atom stereocenters. The average Bonchev–Trinajstić information content (AvgIpc) is 2.59. The summed E-state index contributed by atoms with van der Waals surface area (Å²) >= 11 is 0. The van der Waals surface area contributed by atoms with Gasteiger partial charge in [-0.25, -0.2) is 0 Å². The lowest BCUT2D eigenvalue weighted by atomic mass is 9.80. The molecule has 0 aliphatic heterocycles. The van der Waals surface area contributed by atoms with Crippen molar-refractivity contribution in [2.75, 3.05) is 0 Å². The third-order valence-electron chi connectivity index (χ3n) is 3.68. The number of hydrogen-bond acceptors (Lipinski definition) is 2. The van der Waals surface area contributed by atoms with Crippen molar-refractivity contribution in [2.45, 2.75) is 57.6 Å². The van der Waals surface area contributed by atoms with Gasteiger partial charge < -0.3 is 10.5 Å². The quantitative estimate of drug-likeness (QED) is 0.870. The second-order valence-corrected chi connectivity index (χ2v) is 5.73. The molecule has 0 bridgehead atoms. The third-order valence-corrected chi connectivity index (χ3v) is 3.68. The van der Waals surface area contributed by atoms with Crippen LogP contribution >= 0.6 is 0 Å². The standard InChI is InChI=1S/C15H23NO/c1-11(2)17-14-7-5-4-6-13(14)15(3)9-8-12(16)10-15/h4-7,11-12H,8-10,16H2,1-3H3. The Labute approximate surface area is 104 Å². The minimum atomic E-state index is 0.185. The SMILES string of the molecule is CC(C)Oc1ccccc1C1(C)CCC(N)C1. The molecule has 0 saturated heterocycles. The molecule has 0 heterocycles. The van der Waals surface area contributed by atoms with E-state index < -0.39 is 0 Å². The van der Waals surface area contributed by atoms with Crippen LogP contribution in [-0.2, 0) is 5.41 Å². The monoisotopic (exact) mass is 233 g/mol. The lowest BCUT2D eigenvalue weighted by Crippen LogP contribution is -2.23. The van der Waals surface area contributed by atoms with Gasteiger partial charge in [0.1, 0.15) is 5.75 Å². The molecule has 2 nitrogen and oxygen atoms in total. The van der Waals surface area contributed by atoms with Crippen LogP contribution in [0.3, 0.4) is 0 Å². The van der Waals surface area contributed by atoms with E-state index in [0.717, 1.165) is 25.0 Å². The van der Waals surface area contributed by atoms with Crippen molar-refractivity contribution in [2.24, 2.45) is 5.73 Å². The Kier molecular flexibility index (Phi) is 3.43. The van der Waals surface area contributed by atoms with E-state index in [-0.39, 0.29) is 11.5 Å². The van der Waals surface area contributed by atoms with Gasteiger partial charge in [-0.15, -0.1) is 0 Å². The highest BCUT2D eigenvalue weighted by molar-refractivity contribution is 5.40. The van der Waals surface area contributed by atoms with E-state index in [1.165, 1.54) is 5.56 Å². The fourth-order valence-electron chi connectivity index (χ4n) is 2.85. The summed E-state index contributed by atoms with van der Waals surface area (Å²) in [5.41, 5.74) is 7.56. The largest absolute Gasteiger partial charge is 0.491 e. The molecule has 2 heteroatoms. The lowest BCUT2D eigenvalue weighted by molar-refractivity contribution is 0.235. The maximum absolute atomic E-state index is 6.06. The molecule has 17 heavy (non-hydrogen) atoms. The van der Waals surface area contributed by atoms with E-state index in [9.17, 15) is 0 Å². The predicted molar refractivity (Wildman–Crippen MR) is 71.4 cm³/mol. The topological polar surface area (TPSA) is 35.2 Å². The first-order chi connectivity index (χ1) is 8.01. The van der Waals surface area contributed by atoms with E-state index >= 15 is 0 Å². The van der Waals surface area contributed by atoms with Crippen molar-refractivity contribution < 1.29 is 4.74 Å². The molecular formula is C15H23NO. The third kappa shape index (κ3) is 2.63. The number of ether oxygens (including phenoxy) is 1. The summed E-state index contributed by atoms with van der Waals surface area (Å²) in [5.74, 6) is 1.03. The summed E-state index contributed by atoms with van der Waals surface area (Å²) in [4.78, 5) is 0. The van der Waals surface area contributed by atoms with Crippen molar-refractivity contribution in [1.82, 2.24) is 0 Å². The van der Waals surface area contributed by atoms with Gasteiger partial charge in [0.15, 0.2) is 0 Å². The minimum absolute atomic E-state index is 0.185.